The maximum atomic E-state index is 13.5. The fourth-order valence-corrected chi connectivity index (χ4v) is 5.58. The van der Waals surface area contributed by atoms with E-state index in [0.29, 0.717) is 64.9 Å². The predicted octanol–water partition coefficient (Wildman–Crippen LogP) is 7.58. The summed E-state index contributed by atoms with van der Waals surface area (Å²) in [7, 11) is 1.84. The lowest BCUT2D eigenvalue weighted by Gasteiger charge is -2.33. The Balaban J connectivity index is 1.74. The zero-order chi connectivity index (χ0) is 28.8. The Bertz CT molecular complexity index is 1320. The van der Waals surface area contributed by atoms with Crippen LogP contribution in [-0.4, -0.2) is 48.7 Å². The molecule has 1 aliphatic heterocycles. The van der Waals surface area contributed by atoms with E-state index in [1.165, 1.54) is 0 Å². The van der Waals surface area contributed by atoms with Gasteiger partial charge >= 0.3 is 6.03 Å². The Morgan fingerprint density at radius 1 is 1.02 bits per heavy atom. The summed E-state index contributed by atoms with van der Waals surface area (Å²) < 4.78 is 20.7. The molecule has 0 aliphatic carbocycles. The minimum Gasteiger partial charge on any atom is -0.491 e. The predicted molar refractivity (Wildman–Crippen MR) is 165 cm³/mol. The van der Waals surface area contributed by atoms with Crippen LogP contribution in [0.3, 0.4) is 0 Å². The monoisotopic (exact) mass is 633 g/mol. The van der Waals surface area contributed by atoms with E-state index >= 15 is 0 Å². The number of aromatic nitrogens is 2. The number of hydrogen-bond acceptors (Lipinski definition) is 6. The fourth-order valence-electron chi connectivity index (χ4n) is 4.87. The average molecular weight is 635 g/mol. The van der Waals surface area contributed by atoms with Crippen LogP contribution < -0.4 is 29.7 Å². The lowest BCUT2D eigenvalue weighted by atomic mass is 9.98. The van der Waals surface area contributed by atoms with Gasteiger partial charge < -0.3 is 29.7 Å². The van der Waals surface area contributed by atoms with E-state index in [2.05, 4.69) is 43.5 Å². The molecule has 0 spiro atoms. The third-order valence-corrected chi connectivity index (χ3v) is 7.60. The van der Waals surface area contributed by atoms with Crippen molar-refractivity contribution in [2.75, 3.05) is 48.4 Å². The van der Waals surface area contributed by atoms with Crippen molar-refractivity contribution in [3.8, 4) is 28.5 Å². The van der Waals surface area contributed by atoms with E-state index in [-0.39, 0.29) is 0 Å². The van der Waals surface area contributed by atoms with Crippen LogP contribution in [0.25, 0.3) is 11.3 Å². The highest BCUT2D eigenvalue weighted by molar-refractivity contribution is 9.10. The van der Waals surface area contributed by atoms with E-state index in [9.17, 15) is 4.79 Å². The van der Waals surface area contributed by atoms with E-state index in [1.54, 1.807) is 23.0 Å². The quantitative estimate of drug-likeness (QED) is 0.239. The van der Waals surface area contributed by atoms with Gasteiger partial charge in [0.15, 0.2) is 17.2 Å². The molecular weight excluding hydrogens is 598 g/mol. The Hall–Kier alpha value is -3.11. The van der Waals surface area contributed by atoms with Crippen LogP contribution in [0.1, 0.15) is 40.5 Å². The van der Waals surface area contributed by atoms with Crippen molar-refractivity contribution in [2.24, 2.45) is 13.0 Å². The molecule has 2 amide bonds. The SMILES string of the molecule is CCOc1cc(NC(=O)Nc2ccc(Cl)cc2N2CCC(C)CC2)c(OCC)c(-c2c(Br)cnn2C)c1OCC. The number of aryl methyl sites for hydroxylation is 1. The first-order chi connectivity index (χ1) is 19.3. The third kappa shape index (κ3) is 6.61. The van der Waals surface area contributed by atoms with Gasteiger partial charge in [0.05, 0.1) is 58.8 Å². The Kier molecular flexibility index (Phi) is 10.1. The molecule has 9 nitrogen and oxygen atoms in total. The molecule has 1 saturated heterocycles. The second-order valence-corrected chi connectivity index (χ2v) is 10.9. The van der Waals surface area contributed by atoms with Crippen molar-refractivity contribution in [2.45, 2.75) is 40.5 Å². The lowest BCUT2D eigenvalue weighted by molar-refractivity contribution is 0.261. The second-order valence-electron chi connectivity index (χ2n) is 9.63. The van der Waals surface area contributed by atoms with Crippen LogP contribution in [0.4, 0.5) is 21.9 Å². The number of urea groups is 1. The molecule has 0 radical (unpaired) electrons. The van der Waals surface area contributed by atoms with Crippen molar-refractivity contribution in [1.82, 2.24) is 9.78 Å². The minimum absolute atomic E-state index is 0.368. The number of piperidine rings is 1. The second kappa shape index (κ2) is 13.5. The summed E-state index contributed by atoms with van der Waals surface area (Å²) in [5.41, 5.74) is 3.39. The molecule has 0 atom stereocenters. The summed E-state index contributed by atoms with van der Waals surface area (Å²) in [4.78, 5) is 15.8. The molecule has 1 aromatic heterocycles. The molecule has 2 heterocycles. The van der Waals surface area contributed by atoms with Gasteiger partial charge in [0, 0.05) is 31.2 Å². The van der Waals surface area contributed by atoms with Gasteiger partial charge in [-0.1, -0.05) is 18.5 Å². The lowest BCUT2D eigenvalue weighted by Crippen LogP contribution is -2.33. The van der Waals surface area contributed by atoms with E-state index < -0.39 is 6.03 Å². The van der Waals surface area contributed by atoms with Gasteiger partial charge in [-0.05, 0) is 73.7 Å². The summed E-state index contributed by atoms with van der Waals surface area (Å²) in [5, 5.41) is 11.0. The number of hydrogen-bond donors (Lipinski definition) is 2. The largest absolute Gasteiger partial charge is 0.491 e. The Labute approximate surface area is 249 Å². The van der Waals surface area contributed by atoms with Crippen molar-refractivity contribution < 1.29 is 19.0 Å². The van der Waals surface area contributed by atoms with Gasteiger partial charge in [0.25, 0.3) is 0 Å². The van der Waals surface area contributed by atoms with E-state index in [4.69, 9.17) is 25.8 Å². The molecule has 4 rings (SSSR count). The number of nitrogens with one attached hydrogen (secondary N) is 2. The minimum atomic E-state index is -0.420. The van der Waals surface area contributed by atoms with Gasteiger partial charge in [0.1, 0.15) is 0 Å². The summed E-state index contributed by atoms with van der Waals surface area (Å²) in [6, 6.07) is 6.83. The molecule has 0 saturated carbocycles. The highest BCUT2D eigenvalue weighted by atomic mass is 79.9. The van der Waals surface area contributed by atoms with Crippen LogP contribution in [0.2, 0.25) is 5.02 Å². The number of carbonyl (C=O) groups excluding carboxylic acids is 1. The smallest absolute Gasteiger partial charge is 0.323 e. The first-order valence-electron chi connectivity index (χ1n) is 13.7. The number of nitrogens with zero attached hydrogens (tertiary/aromatic N) is 3. The van der Waals surface area contributed by atoms with Crippen LogP contribution >= 0.6 is 27.5 Å². The maximum absolute atomic E-state index is 13.5. The summed E-state index contributed by atoms with van der Waals surface area (Å²) >= 11 is 9.97. The maximum Gasteiger partial charge on any atom is 0.323 e. The van der Waals surface area contributed by atoms with E-state index in [0.717, 1.165) is 41.8 Å². The number of halogens is 2. The summed E-state index contributed by atoms with van der Waals surface area (Å²) in [6.07, 6.45) is 3.89. The van der Waals surface area contributed by atoms with Crippen LogP contribution in [0.15, 0.2) is 34.9 Å². The van der Waals surface area contributed by atoms with Crippen molar-refractivity contribution in [3.05, 3.63) is 40.0 Å². The van der Waals surface area contributed by atoms with Crippen LogP contribution in [0.5, 0.6) is 17.2 Å². The zero-order valence-corrected chi connectivity index (χ0v) is 26.0. The number of ether oxygens (including phenoxy) is 3. The number of anilines is 3. The highest BCUT2D eigenvalue weighted by Gasteiger charge is 2.28. The van der Waals surface area contributed by atoms with Gasteiger partial charge in [-0.3, -0.25) is 4.68 Å². The number of amides is 2. The van der Waals surface area contributed by atoms with Crippen molar-refractivity contribution in [1.29, 1.82) is 0 Å². The van der Waals surface area contributed by atoms with E-state index in [1.807, 2.05) is 40.0 Å². The molecular formula is C29H37BrClN5O4. The average Bonchev–Trinajstić information content (AvgIpc) is 3.25. The molecule has 216 valence electrons. The summed E-state index contributed by atoms with van der Waals surface area (Å²) in [6.45, 7) is 11.0. The normalized spacial score (nSPS) is 13.7. The number of rotatable bonds is 10. The zero-order valence-electron chi connectivity index (χ0n) is 23.6. The van der Waals surface area contributed by atoms with Crippen molar-refractivity contribution in [3.63, 3.8) is 0 Å². The molecule has 0 unspecified atom stereocenters. The number of carbonyl (C=O) groups is 1. The van der Waals surface area contributed by atoms with Crippen LogP contribution in [0, 0.1) is 5.92 Å². The molecule has 2 aromatic carbocycles. The molecule has 40 heavy (non-hydrogen) atoms. The van der Waals surface area contributed by atoms with Crippen molar-refractivity contribution >= 4 is 50.6 Å². The number of benzene rings is 2. The van der Waals surface area contributed by atoms with Crippen LogP contribution in [-0.2, 0) is 7.05 Å². The van der Waals surface area contributed by atoms with Gasteiger partial charge in [-0.15, -0.1) is 0 Å². The first kappa shape index (κ1) is 29.9. The highest BCUT2D eigenvalue weighted by Crippen LogP contribution is 2.51. The molecule has 11 heteroatoms. The third-order valence-electron chi connectivity index (χ3n) is 6.79. The van der Waals surface area contributed by atoms with Gasteiger partial charge in [-0.25, -0.2) is 4.79 Å². The topological polar surface area (TPSA) is 89.9 Å². The molecule has 1 aliphatic rings. The van der Waals surface area contributed by atoms with Gasteiger partial charge in [-0.2, -0.15) is 5.10 Å². The Morgan fingerprint density at radius 3 is 2.30 bits per heavy atom. The standard InChI is InChI=1S/C29H37BrClN5O4/c1-6-38-24-16-22(27(39-7-2)25(28(24)40-8-3)26-20(30)17-32-35(26)5)34-29(37)33-21-10-9-19(31)15-23(21)36-13-11-18(4)12-14-36/h9-10,15-18H,6-8,11-14H2,1-5H3,(H2,33,34,37). The molecule has 0 bridgehead atoms. The molecule has 3 aromatic rings. The first-order valence-corrected chi connectivity index (χ1v) is 14.8. The fraction of sp³-hybridized carbons (Fsp3) is 0.448. The summed E-state index contributed by atoms with van der Waals surface area (Å²) in [5.74, 6) is 2.14. The van der Waals surface area contributed by atoms with Gasteiger partial charge in [0.2, 0.25) is 0 Å². The molecule has 2 N–H and O–H groups in total. The molecule has 1 fully saturated rings. The Morgan fingerprint density at radius 2 is 1.68 bits per heavy atom.